The number of thiophene rings is 1. The number of aromatic nitrogens is 5. The number of nitrogens with one attached hydrogen (secondary N) is 1. The quantitative estimate of drug-likeness (QED) is 0.737. The van der Waals surface area contributed by atoms with E-state index in [1.54, 1.807) is 6.33 Å². The summed E-state index contributed by atoms with van der Waals surface area (Å²) in [5.74, 6) is 0.772. The number of H-pyrrole nitrogens is 1. The smallest absolute Gasteiger partial charge is 0.189 e. The summed E-state index contributed by atoms with van der Waals surface area (Å²) in [4.78, 5) is 15.7. The van der Waals surface area contributed by atoms with Gasteiger partial charge in [-0.15, -0.1) is 11.3 Å². The molecule has 20 heavy (non-hydrogen) atoms. The van der Waals surface area contributed by atoms with E-state index in [2.05, 4.69) is 32.1 Å². The van der Waals surface area contributed by atoms with Crippen LogP contribution in [0.3, 0.4) is 0 Å². The molecule has 102 valence electrons. The van der Waals surface area contributed by atoms with Gasteiger partial charge in [-0.25, -0.2) is 15.0 Å². The molecule has 0 aliphatic heterocycles. The predicted octanol–water partition coefficient (Wildman–Crippen LogP) is 3.09. The number of hydrogen-bond donors (Lipinski definition) is 1. The summed E-state index contributed by atoms with van der Waals surface area (Å²) in [6.07, 6.45) is 6.72. The lowest BCUT2D eigenvalue weighted by Gasteiger charge is -2.17. The molecule has 0 saturated heterocycles. The zero-order chi connectivity index (χ0) is 13.5. The Morgan fingerprint density at radius 1 is 1.30 bits per heavy atom. The molecule has 0 spiro atoms. The largest absolute Gasteiger partial charge is 0.254 e. The van der Waals surface area contributed by atoms with E-state index in [0.717, 1.165) is 27.4 Å². The van der Waals surface area contributed by atoms with Crippen LogP contribution in [0.1, 0.15) is 23.8 Å². The van der Waals surface area contributed by atoms with E-state index in [-0.39, 0.29) is 0 Å². The Morgan fingerprint density at radius 2 is 2.25 bits per heavy atom. The third-order valence-electron chi connectivity index (χ3n) is 3.64. The zero-order valence-corrected chi connectivity index (χ0v) is 12.6. The van der Waals surface area contributed by atoms with Crippen LogP contribution in [0.4, 0.5) is 0 Å². The van der Waals surface area contributed by atoms with Crippen LogP contribution in [0.15, 0.2) is 22.8 Å². The van der Waals surface area contributed by atoms with Gasteiger partial charge in [0, 0.05) is 10.3 Å². The molecule has 1 N–H and O–H groups in total. The molecule has 0 radical (unpaired) electrons. The van der Waals surface area contributed by atoms with Crippen molar-refractivity contribution < 1.29 is 0 Å². The predicted molar refractivity (Wildman–Crippen MR) is 79.1 cm³/mol. The van der Waals surface area contributed by atoms with Crippen LogP contribution < -0.4 is 0 Å². The average molecular weight is 303 g/mol. The monoisotopic (exact) mass is 303 g/mol. The fourth-order valence-electron chi connectivity index (χ4n) is 2.66. The van der Waals surface area contributed by atoms with Crippen molar-refractivity contribution in [1.82, 2.24) is 25.1 Å². The molecule has 0 fully saturated rings. The Bertz CT molecular complexity index is 750. The standard InChI is InChI=1S/C13H13N5S2/c1-7-2-3-8-9(4-7)19-11-10(8)12(15-5-14-11)20-13-16-6-17-18-13/h5-7H,2-4H2,1H3,(H,16,17,18)/t7-/m0/s1. The third kappa shape index (κ3) is 2.01. The van der Waals surface area contributed by atoms with Crippen molar-refractivity contribution in [2.24, 2.45) is 5.92 Å². The molecule has 0 aromatic carbocycles. The first-order chi connectivity index (χ1) is 9.81. The summed E-state index contributed by atoms with van der Waals surface area (Å²) in [5.41, 5.74) is 1.45. The summed E-state index contributed by atoms with van der Waals surface area (Å²) >= 11 is 3.35. The lowest BCUT2D eigenvalue weighted by Crippen LogP contribution is -2.08. The molecule has 0 amide bonds. The first-order valence-electron chi connectivity index (χ1n) is 6.59. The van der Waals surface area contributed by atoms with Gasteiger partial charge in [0.15, 0.2) is 5.16 Å². The van der Waals surface area contributed by atoms with Gasteiger partial charge in [-0.1, -0.05) is 6.92 Å². The highest BCUT2D eigenvalue weighted by Gasteiger charge is 2.23. The second kappa shape index (κ2) is 4.82. The van der Waals surface area contributed by atoms with E-state index in [1.165, 1.54) is 46.8 Å². The molecular weight excluding hydrogens is 290 g/mol. The SMILES string of the molecule is C[C@H]1CCc2c(sc3ncnc(Sc4ncn[nH]4)c23)C1. The summed E-state index contributed by atoms with van der Waals surface area (Å²) in [6.45, 7) is 2.32. The van der Waals surface area contributed by atoms with Crippen LogP contribution in [0.5, 0.6) is 0 Å². The van der Waals surface area contributed by atoms with Gasteiger partial charge < -0.3 is 0 Å². The van der Waals surface area contributed by atoms with Crippen molar-refractivity contribution in [3.8, 4) is 0 Å². The number of rotatable bonds is 2. The number of fused-ring (bicyclic) bond motifs is 3. The average Bonchev–Trinajstić information content (AvgIpc) is 3.05. The summed E-state index contributed by atoms with van der Waals surface area (Å²) in [5, 5.41) is 9.74. The fourth-order valence-corrected chi connectivity index (χ4v) is 4.88. The summed E-state index contributed by atoms with van der Waals surface area (Å²) in [7, 11) is 0. The minimum atomic E-state index is 0.772. The van der Waals surface area contributed by atoms with Gasteiger partial charge in [0.25, 0.3) is 0 Å². The van der Waals surface area contributed by atoms with E-state index >= 15 is 0 Å². The maximum atomic E-state index is 4.45. The van der Waals surface area contributed by atoms with Gasteiger partial charge in [0.2, 0.25) is 0 Å². The van der Waals surface area contributed by atoms with Crippen molar-refractivity contribution in [3.63, 3.8) is 0 Å². The first kappa shape index (κ1) is 12.3. The van der Waals surface area contributed by atoms with E-state index in [0.29, 0.717) is 0 Å². The highest BCUT2D eigenvalue weighted by molar-refractivity contribution is 7.99. The van der Waals surface area contributed by atoms with Crippen LogP contribution in [0.25, 0.3) is 10.2 Å². The zero-order valence-electron chi connectivity index (χ0n) is 11.0. The molecule has 0 unspecified atom stereocenters. The van der Waals surface area contributed by atoms with E-state index < -0.39 is 0 Å². The number of nitrogens with zero attached hydrogens (tertiary/aromatic N) is 4. The Morgan fingerprint density at radius 3 is 3.10 bits per heavy atom. The van der Waals surface area contributed by atoms with Crippen molar-refractivity contribution in [2.45, 2.75) is 36.4 Å². The summed E-state index contributed by atoms with van der Waals surface area (Å²) < 4.78 is 0. The van der Waals surface area contributed by atoms with Crippen molar-refractivity contribution >= 4 is 33.3 Å². The molecule has 0 bridgehead atoms. The van der Waals surface area contributed by atoms with Crippen LogP contribution in [0.2, 0.25) is 0 Å². The third-order valence-corrected chi connectivity index (χ3v) is 5.70. The minimum Gasteiger partial charge on any atom is -0.254 e. The topological polar surface area (TPSA) is 67.3 Å². The van der Waals surface area contributed by atoms with Crippen molar-refractivity contribution in [2.75, 3.05) is 0 Å². The Hall–Kier alpha value is -1.47. The van der Waals surface area contributed by atoms with Gasteiger partial charge in [0.1, 0.15) is 22.5 Å². The molecule has 1 aliphatic carbocycles. The van der Waals surface area contributed by atoms with Gasteiger partial charge in [-0.05, 0) is 42.5 Å². The number of aryl methyl sites for hydroxylation is 1. The number of hydrogen-bond acceptors (Lipinski definition) is 6. The van der Waals surface area contributed by atoms with Gasteiger partial charge in [-0.2, -0.15) is 5.10 Å². The molecule has 7 heteroatoms. The molecule has 5 nitrogen and oxygen atoms in total. The molecule has 3 heterocycles. The van der Waals surface area contributed by atoms with E-state index in [1.807, 2.05) is 11.3 Å². The molecular formula is C13H13N5S2. The van der Waals surface area contributed by atoms with Crippen molar-refractivity contribution in [1.29, 1.82) is 0 Å². The summed E-state index contributed by atoms with van der Waals surface area (Å²) in [6, 6.07) is 0. The molecule has 1 atom stereocenters. The van der Waals surface area contributed by atoms with Crippen LogP contribution in [-0.4, -0.2) is 25.1 Å². The highest BCUT2D eigenvalue weighted by atomic mass is 32.2. The lowest BCUT2D eigenvalue weighted by atomic mass is 9.89. The molecule has 4 rings (SSSR count). The van der Waals surface area contributed by atoms with Crippen LogP contribution >= 0.6 is 23.1 Å². The normalized spacial score (nSPS) is 18.4. The maximum Gasteiger partial charge on any atom is 0.189 e. The van der Waals surface area contributed by atoms with Gasteiger partial charge in [0.05, 0.1) is 0 Å². The van der Waals surface area contributed by atoms with Crippen LogP contribution in [0, 0.1) is 5.92 Å². The Kier molecular flexibility index (Phi) is 2.96. The second-order valence-electron chi connectivity index (χ2n) is 5.10. The maximum absolute atomic E-state index is 4.45. The van der Waals surface area contributed by atoms with Crippen molar-refractivity contribution in [3.05, 3.63) is 23.1 Å². The first-order valence-corrected chi connectivity index (χ1v) is 8.23. The van der Waals surface area contributed by atoms with Gasteiger partial charge >= 0.3 is 0 Å². The second-order valence-corrected chi connectivity index (χ2v) is 7.16. The lowest BCUT2D eigenvalue weighted by molar-refractivity contribution is 0.509. The van der Waals surface area contributed by atoms with Gasteiger partial charge in [-0.3, -0.25) is 5.10 Å². The molecule has 1 aliphatic rings. The molecule has 0 saturated carbocycles. The van der Waals surface area contributed by atoms with Crippen LogP contribution in [-0.2, 0) is 12.8 Å². The Labute approximate surface area is 124 Å². The van der Waals surface area contributed by atoms with E-state index in [4.69, 9.17) is 0 Å². The Balaban J connectivity index is 1.85. The molecule has 3 aromatic rings. The highest BCUT2D eigenvalue weighted by Crippen LogP contribution is 2.41. The van der Waals surface area contributed by atoms with E-state index in [9.17, 15) is 0 Å². The molecule has 3 aromatic heterocycles. The number of aromatic amines is 1. The fraction of sp³-hybridized carbons (Fsp3) is 0.385. The minimum absolute atomic E-state index is 0.772.